The van der Waals surface area contributed by atoms with Crippen LogP contribution in [0.3, 0.4) is 0 Å². The number of esters is 1. The second kappa shape index (κ2) is 8.10. The van der Waals surface area contributed by atoms with Crippen molar-refractivity contribution in [2.75, 3.05) is 0 Å². The number of carbonyl (C=O) groups is 1. The van der Waals surface area contributed by atoms with Crippen molar-refractivity contribution in [3.63, 3.8) is 0 Å². The molecule has 2 aromatic rings. The van der Waals surface area contributed by atoms with Crippen LogP contribution in [0.25, 0.3) is 0 Å². The first-order chi connectivity index (χ1) is 12.8. The van der Waals surface area contributed by atoms with E-state index in [-0.39, 0.29) is 35.6 Å². The molecule has 1 aromatic heterocycles. The smallest absolute Gasteiger partial charge is 0.310 e. The highest BCUT2D eigenvalue weighted by atomic mass is 79.9. The van der Waals surface area contributed by atoms with Crippen molar-refractivity contribution in [1.82, 2.24) is 4.98 Å². The Morgan fingerprint density at radius 1 is 1.22 bits per heavy atom. The van der Waals surface area contributed by atoms with Crippen LogP contribution >= 0.6 is 31.9 Å². The van der Waals surface area contributed by atoms with Gasteiger partial charge in [-0.15, -0.1) is 0 Å². The first kappa shape index (κ1) is 20.0. The second-order valence-corrected chi connectivity index (χ2v) is 9.68. The summed E-state index contributed by atoms with van der Waals surface area (Å²) in [7, 11) is 0. The number of rotatable bonds is 6. The molecule has 0 bridgehead atoms. The van der Waals surface area contributed by atoms with Gasteiger partial charge in [-0.2, -0.15) is 0 Å². The monoisotopic (exact) mass is 497 g/mol. The van der Waals surface area contributed by atoms with Crippen molar-refractivity contribution < 1.29 is 18.7 Å². The summed E-state index contributed by atoms with van der Waals surface area (Å²) in [5.74, 6) is 0.202. The van der Waals surface area contributed by atoms with Gasteiger partial charge >= 0.3 is 5.97 Å². The molecule has 0 N–H and O–H groups in total. The molecule has 1 fully saturated rings. The third-order valence-electron chi connectivity index (χ3n) is 4.65. The Morgan fingerprint density at radius 2 is 1.93 bits per heavy atom. The molecule has 1 aliphatic rings. The molecule has 7 heteroatoms. The number of ether oxygens (including phenoxy) is 2. The molecule has 3 rings (SSSR count). The lowest BCUT2D eigenvalue weighted by molar-refractivity contribution is -0.147. The SMILES string of the molecule is CC1(C)C(C=C(Br)Br)C1C(=O)OCc1cccc(Oc2ccc(F)cc2)n1. The Balaban J connectivity index is 1.59. The van der Waals surface area contributed by atoms with Crippen molar-refractivity contribution in [2.24, 2.45) is 17.3 Å². The average Bonchev–Trinajstić information content (AvgIpc) is 3.14. The molecule has 27 heavy (non-hydrogen) atoms. The zero-order valence-electron chi connectivity index (χ0n) is 14.8. The summed E-state index contributed by atoms with van der Waals surface area (Å²) < 4.78 is 24.8. The number of hydrogen-bond donors (Lipinski definition) is 0. The fourth-order valence-electron chi connectivity index (χ4n) is 3.03. The number of allylic oxidation sites excluding steroid dienone is 1. The van der Waals surface area contributed by atoms with Gasteiger partial charge in [-0.25, -0.2) is 9.37 Å². The van der Waals surface area contributed by atoms with Crippen LogP contribution in [0, 0.1) is 23.1 Å². The third-order valence-corrected chi connectivity index (χ3v) is 5.18. The fourth-order valence-corrected chi connectivity index (χ4v) is 3.60. The molecule has 1 aromatic carbocycles. The van der Waals surface area contributed by atoms with Crippen LogP contribution in [0.4, 0.5) is 4.39 Å². The minimum Gasteiger partial charge on any atom is -0.459 e. The number of aromatic nitrogens is 1. The van der Waals surface area contributed by atoms with Crippen molar-refractivity contribution in [2.45, 2.75) is 20.5 Å². The molecule has 0 amide bonds. The first-order valence-corrected chi connectivity index (χ1v) is 9.95. The molecule has 1 saturated carbocycles. The van der Waals surface area contributed by atoms with Crippen LogP contribution in [0.5, 0.6) is 11.6 Å². The quantitative estimate of drug-likeness (QED) is 0.461. The van der Waals surface area contributed by atoms with E-state index in [2.05, 4.69) is 36.8 Å². The van der Waals surface area contributed by atoms with Crippen LogP contribution in [0.15, 0.2) is 51.9 Å². The predicted octanol–water partition coefficient (Wildman–Crippen LogP) is 5.96. The van der Waals surface area contributed by atoms with E-state index >= 15 is 0 Å². The van der Waals surface area contributed by atoms with E-state index in [1.54, 1.807) is 18.2 Å². The first-order valence-electron chi connectivity index (χ1n) is 8.36. The standard InChI is InChI=1S/C20H18Br2FNO3/c1-20(2)15(10-16(21)22)18(20)19(25)26-11-13-4-3-5-17(24-13)27-14-8-6-12(23)7-9-14/h3-10,15,18H,11H2,1-2H3. The molecule has 0 radical (unpaired) electrons. The normalized spacial score (nSPS) is 19.9. The van der Waals surface area contributed by atoms with Crippen molar-refractivity contribution in [3.8, 4) is 11.6 Å². The molecule has 1 aliphatic carbocycles. The third kappa shape index (κ3) is 4.96. The van der Waals surface area contributed by atoms with Crippen LogP contribution in [0.1, 0.15) is 19.5 Å². The van der Waals surface area contributed by atoms with E-state index in [0.717, 1.165) is 3.39 Å². The molecule has 2 atom stereocenters. The molecule has 0 spiro atoms. The summed E-state index contributed by atoms with van der Waals surface area (Å²) in [5, 5.41) is 0. The zero-order chi connectivity index (χ0) is 19.6. The van der Waals surface area contributed by atoms with Gasteiger partial charge in [0, 0.05) is 6.07 Å². The molecule has 4 nitrogen and oxygen atoms in total. The summed E-state index contributed by atoms with van der Waals surface area (Å²) in [5.41, 5.74) is 0.445. The molecule has 142 valence electrons. The highest BCUT2D eigenvalue weighted by Crippen LogP contribution is 2.60. The van der Waals surface area contributed by atoms with E-state index in [1.165, 1.54) is 24.3 Å². The van der Waals surface area contributed by atoms with Gasteiger partial charge < -0.3 is 9.47 Å². The number of hydrogen-bond acceptors (Lipinski definition) is 4. The van der Waals surface area contributed by atoms with E-state index in [1.807, 2.05) is 19.9 Å². The molecule has 1 heterocycles. The average molecular weight is 499 g/mol. The van der Waals surface area contributed by atoms with Gasteiger partial charge in [0.2, 0.25) is 5.88 Å². The number of carbonyl (C=O) groups excluding carboxylic acids is 1. The van der Waals surface area contributed by atoms with Gasteiger partial charge in [-0.3, -0.25) is 4.79 Å². The highest BCUT2D eigenvalue weighted by molar-refractivity contribution is 9.28. The largest absolute Gasteiger partial charge is 0.459 e. The van der Waals surface area contributed by atoms with Gasteiger partial charge in [0.05, 0.1) is 15.0 Å². The Morgan fingerprint density at radius 3 is 2.59 bits per heavy atom. The van der Waals surface area contributed by atoms with E-state index < -0.39 is 0 Å². The van der Waals surface area contributed by atoms with Crippen LogP contribution in [-0.2, 0) is 16.1 Å². The van der Waals surface area contributed by atoms with E-state index in [4.69, 9.17) is 9.47 Å². The van der Waals surface area contributed by atoms with Gasteiger partial charge in [0.15, 0.2) is 0 Å². The van der Waals surface area contributed by atoms with E-state index in [9.17, 15) is 9.18 Å². The summed E-state index contributed by atoms with van der Waals surface area (Å²) in [4.78, 5) is 16.7. The summed E-state index contributed by atoms with van der Waals surface area (Å²) in [6.45, 7) is 4.15. The molecule has 2 unspecified atom stereocenters. The molecular weight excluding hydrogens is 481 g/mol. The van der Waals surface area contributed by atoms with Crippen molar-refractivity contribution >= 4 is 37.8 Å². The molecule has 0 saturated heterocycles. The zero-order valence-corrected chi connectivity index (χ0v) is 18.0. The highest BCUT2D eigenvalue weighted by Gasteiger charge is 2.61. The Labute approximate surface area is 174 Å². The van der Waals surface area contributed by atoms with Gasteiger partial charge in [0.1, 0.15) is 18.2 Å². The topological polar surface area (TPSA) is 48.4 Å². The molecule has 0 aliphatic heterocycles. The maximum atomic E-state index is 13.0. The summed E-state index contributed by atoms with van der Waals surface area (Å²) in [6.07, 6.45) is 1.97. The minimum atomic E-state index is -0.334. The van der Waals surface area contributed by atoms with Gasteiger partial charge in [0.25, 0.3) is 0 Å². The second-order valence-electron chi connectivity index (χ2n) is 6.91. The number of pyridine rings is 1. The summed E-state index contributed by atoms with van der Waals surface area (Å²) >= 11 is 6.68. The van der Waals surface area contributed by atoms with E-state index in [0.29, 0.717) is 17.3 Å². The van der Waals surface area contributed by atoms with Gasteiger partial charge in [-0.05, 0) is 73.5 Å². The summed E-state index contributed by atoms with van der Waals surface area (Å²) in [6, 6.07) is 10.9. The fraction of sp³-hybridized carbons (Fsp3) is 0.300. The number of nitrogens with zero attached hydrogens (tertiary/aromatic N) is 1. The Kier molecular flexibility index (Phi) is 6.01. The lowest BCUT2D eigenvalue weighted by atomic mass is 10.1. The maximum Gasteiger partial charge on any atom is 0.310 e. The van der Waals surface area contributed by atoms with Crippen LogP contribution in [-0.4, -0.2) is 11.0 Å². The number of halogens is 3. The Bertz CT molecular complexity index is 864. The lowest BCUT2D eigenvalue weighted by Crippen LogP contribution is -2.11. The van der Waals surface area contributed by atoms with Crippen LogP contribution < -0.4 is 4.74 Å². The molecular formula is C20H18Br2FNO3. The van der Waals surface area contributed by atoms with Crippen LogP contribution in [0.2, 0.25) is 0 Å². The predicted molar refractivity (Wildman–Crippen MR) is 107 cm³/mol. The van der Waals surface area contributed by atoms with Crippen molar-refractivity contribution in [3.05, 3.63) is 63.4 Å². The van der Waals surface area contributed by atoms with Gasteiger partial charge in [-0.1, -0.05) is 26.0 Å². The Hall–Kier alpha value is -1.73. The number of benzene rings is 1. The minimum absolute atomic E-state index is 0.0674. The van der Waals surface area contributed by atoms with Crippen molar-refractivity contribution in [1.29, 1.82) is 0 Å². The lowest BCUT2D eigenvalue weighted by Gasteiger charge is -2.08. The maximum absolute atomic E-state index is 13.0.